The fourth-order valence-corrected chi connectivity index (χ4v) is 3.76. The van der Waals surface area contributed by atoms with Crippen LogP contribution < -0.4 is 10.9 Å². The van der Waals surface area contributed by atoms with Crippen molar-refractivity contribution in [2.75, 3.05) is 0 Å². The van der Waals surface area contributed by atoms with Crippen LogP contribution in [0.5, 0.6) is 0 Å². The van der Waals surface area contributed by atoms with E-state index in [0.717, 1.165) is 11.3 Å². The number of rotatable bonds is 5. The first kappa shape index (κ1) is 20.4. The molecule has 0 spiro atoms. The molecule has 162 valence electrons. The Labute approximate surface area is 189 Å². The summed E-state index contributed by atoms with van der Waals surface area (Å²) < 4.78 is 1.27. The smallest absolute Gasteiger partial charge is 0.279 e. The zero-order valence-corrected chi connectivity index (χ0v) is 17.9. The molecule has 0 radical (unpaired) electrons. The third-order valence-corrected chi connectivity index (χ3v) is 5.46. The van der Waals surface area contributed by atoms with Gasteiger partial charge >= 0.3 is 0 Å². The van der Waals surface area contributed by atoms with Gasteiger partial charge in [0.05, 0.1) is 29.0 Å². The van der Waals surface area contributed by atoms with Crippen molar-refractivity contribution in [3.8, 4) is 16.9 Å². The van der Waals surface area contributed by atoms with Crippen molar-refractivity contribution >= 4 is 16.7 Å². The third-order valence-electron chi connectivity index (χ3n) is 5.46. The topological polar surface area (TPSA) is 92.7 Å². The Bertz CT molecular complexity index is 1490. The summed E-state index contributed by atoms with van der Waals surface area (Å²) in [5, 5.41) is 8.32. The average Bonchev–Trinajstić information content (AvgIpc) is 3.36. The molecule has 3 aromatic carbocycles. The van der Waals surface area contributed by atoms with Crippen LogP contribution in [-0.2, 0) is 0 Å². The maximum atomic E-state index is 13.3. The number of carbonyl (C=O) groups excluding carboxylic acids is 1. The summed E-state index contributed by atoms with van der Waals surface area (Å²) in [6.07, 6.45) is 1.75. The molecule has 0 aliphatic carbocycles. The molecule has 0 fully saturated rings. The van der Waals surface area contributed by atoms with Crippen LogP contribution in [0.4, 0.5) is 0 Å². The number of nitrogens with one attached hydrogen (secondary N) is 2. The lowest BCUT2D eigenvalue weighted by molar-refractivity contribution is 0.0933. The normalized spacial score (nSPS) is 11.9. The second-order valence-electron chi connectivity index (χ2n) is 7.69. The van der Waals surface area contributed by atoms with Crippen molar-refractivity contribution in [3.05, 3.63) is 113 Å². The van der Waals surface area contributed by atoms with E-state index in [4.69, 9.17) is 0 Å². The van der Waals surface area contributed by atoms with Gasteiger partial charge in [-0.2, -0.15) is 9.78 Å². The first-order chi connectivity index (χ1) is 16.1. The minimum atomic E-state index is -0.396. The minimum Gasteiger partial charge on any atom is -0.341 e. The Morgan fingerprint density at radius 2 is 1.55 bits per heavy atom. The Kier molecular flexibility index (Phi) is 5.28. The van der Waals surface area contributed by atoms with Crippen LogP contribution in [0.3, 0.4) is 0 Å². The van der Waals surface area contributed by atoms with Crippen LogP contribution in [0.25, 0.3) is 27.7 Å². The van der Waals surface area contributed by atoms with Gasteiger partial charge in [-0.25, -0.2) is 4.98 Å². The summed E-state index contributed by atoms with van der Waals surface area (Å²) in [4.78, 5) is 34.0. The number of aromatic nitrogens is 4. The fraction of sp³-hybridized carbons (Fsp3) is 0.0769. The van der Waals surface area contributed by atoms with Crippen LogP contribution in [0.15, 0.2) is 95.9 Å². The molecule has 1 unspecified atom stereocenters. The second kappa shape index (κ2) is 8.55. The molecule has 0 saturated heterocycles. The summed E-state index contributed by atoms with van der Waals surface area (Å²) in [5.74, 6) is 0.240. The monoisotopic (exact) mass is 435 g/mol. The van der Waals surface area contributed by atoms with Crippen molar-refractivity contribution in [1.29, 1.82) is 0 Å². The van der Waals surface area contributed by atoms with E-state index in [1.807, 2.05) is 55.5 Å². The summed E-state index contributed by atoms with van der Waals surface area (Å²) in [5.41, 5.74) is 2.37. The molecule has 2 aromatic heterocycles. The summed E-state index contributed by atoms with van der Waals surface area (Å²) >= 11 is 0. The predicted molar refractivity (Wildman–Crippen MR) is 127 cm³/mol. The molecule has 2 N–H and O–H groups in total. The van der Waals surface area contributed by atoms with Crippen LogP contribution in [0.1, 0.15) is 29.3 Å². The number of amides is 1. The molecule has 7 nitrogen and oxygen atoms in total. The van der Waals surface area contributed by atoms with Gasteiger partial charge in [0.25, 0.3) is 11.5 Å². The van der Waals surface area contributed by atoms with Crippen molar-refractivity contribution in [3.63, 3.8) is 0 Å². The van der Waals surface area contributed by atoms with E-state index < -0.39 is 6.04 Å². The lowest BCUT2D eigenvalue weighted by Crippen LogP contribution is -2.32. The van der Waals surface area contributed by atoms with Gasteiger partial charge in [-0.15, -0.1) is 0 Å². The van der Waals surface area contributed by atoms with Crippen molar-refractivity contribution < 1.29 is 4.79 Å². The Hall–Kier alpha value is -4.52. The highest BCUT2D eigenvalue weighted by Crippen LogP contribution is 2.20. The first-order valence-corrected chi connectivity index (χ1v) is 10.6. The van der Waals surface area contributed by atoms with Gasteiger partial charge in [0, 0.05) is 5.39 Å². The number of nitrogens with zero attached hydrogens (tertiary/aromatic N) is 3. The molecule has 1 amide bonds. The molecule has 0 aliphatic heterocycles. The molecule has 1 atom stereocenters. The zero-order valence-electron chi connectivity index (χ0n) is 17.9. The van der Waals surface area contributed by atoms with Crippen molar-refractivity contribution in [2.24, 2.45) is 0 Å². The molecule has 5 aromatic rings. The number of carbonyl (C=O) groups is 1. The summed E-state index contributed by atoms with van der Waals surface area (Å²) in [7, 11) is 0. The van der Waals surface area contributed by atoms with Crippen LogP contribution in [0.2, 0.25) is 0 Å². The lowest BCUT2D eigenvalue weighted by Gasteiger charge is -2.14. The van der Waals surface area contributed by atoms with E-state index in [2.05, 4.69) is 20.4 Å². The molecule has 7 heteroatoms. The number of benzene rings is 3. The van der Waals surface area contributed by atoms with Crippen molar-refractivity contribution in [2.45, 2.75) is 13.0 Å². The molecule has 5 rings (SSSR count). The minimum absolute atomic E-state index is 0.177. The molecule has 0 saturated carbocycles. The van der Waals surface area contributed by atoms with Crippen molar-refractivity contribution in [1.82, 2.24) is 25.1 Å². The van der Waals surface area contributed by atoms with E-state index in [0.29, 0.717) is 22.3 Å². The third kappa shape index (κ3) is 3.92. The van der Waals surface area contributed by atoms with Crippen LogP contribution in [0, 0.1) is 0 Å². The van der Waals surface area contributed by atoms with E-state index in [-0.39, 0.29) is 17.2 Å². The number of hydrogen-bond donors (Lipinski definition) is 2. The van der Waals surface area contributed by atoms with Gasteiger partial charge in [-0.05, 0) is 30.7 Å². The Balaban J connectivity index is 1.49. The lowest BCUT2D eigenvalue weighted by atomic mass is 10.1. The van der Waals surface area contributed by atoms with E-state index in [1.54, 1.807) is 42.6 Å². The first-order valence-electron chi connectivity index (χ1n) is 10.6. The number of aromatic amines is 1. The molecule has 0 aliphatic rings. The zero-order chi connectivity index (χ0) is 22.8. The predicted octanol–water partition coefficient (Wildman–Crippen LogP) is 4.27. The van der Waals surface area contributed by atoms with Gasteiger partial charge in [0.2, 0.25) is 0 Å². The summed E-state index contributed by atoms with van der Waals surface area (Å²) in [6.45, 7) is 1.85. The van der Waals surface area contributed by atoms with E-state index in [9.17, 15) is 9.59 Å². The molecular formula is C26H21N5O2. The highest BCUT2D eigenvalue weighted by molar-refractivity contribution is 6.05. The average molecular weight is 435 g/mol. The number of fused-ring (bicyclic) bond motifs is 1. The van der Waals surface area contributed by atoms with Gasteiger partial charge in [-0.3, -0.25) is 9.59 Å². The maximum Gasteiger partial charge on any atom is 0.279 e. The second-order valence-corrected chi connectivity index (χ2v) is 7.69. The molecule has 2 heterocycles. The Morgan fingerprint density at radius 1 is 0.909 bits per heavy atom. The van der Waals surface area contributed by atoms with Gasteiger partial charge < -0.3 is 10.3 Å². The fourth-order valence-electron chi connectivity index (χ4n) is 3.76. The van der Waals surface area contributed by atoms with Gasteiger partial charge in [-0.1, -0.05) is 66.7 Å². The van der Waals surface area contributed by atoms with Crippen LogP contribution >= 0.6 is 0 Å². The highest BCUT2D eigenvalue weighted by Gasteiger charge is 2.20. The number of hydrogen-bond acceptors (Lipinski definition) is 4. The maximum absolute atomic E-state index is 13.3. The molecular weight excluding hydrogens is 414 g/mol. The number of imidazole rings is 1. The number of H-pyrrole nitrogens is 1. The largest absolute Gasteiger partial charge is 0.341 e. The molecule has 33 heavy (non-hydrogen) atoms. The quantitative estimate of drug-likeness (QED) is 0.431. The highest BCUT2D eigenvalue weighted by atomic mass is 16.2. The number of para-hydroxylation sites is 1. The van der Waals surface area contributed by atoms with Gasteiger partial charge in [0.15, 0.2) is 5.69 Å². The van der Waals surface area contributed by atoms with E-state index >= 15 is 0 Å². The summed E-state index contributed by atoms with van der Waals surface area (Å²) in [6, 6.07) is 25.5. The van der Waals surface area contributed by atoms with E-state index in [1.165, 1.54) is 4.68 Å². The Morgan fingerprint density at radius 3 is 2.27 bits per heavy atom. The van der Waals surface area contributed by atoms with Gasteiger partial charge in [0.1, 0.15) is 5.82 Å². The standard InChI is InChI=1S/C26H21N5O2/c1-17(24-27-16-22(29-24)18-10-4-2-5-11-18)28-25(32)23-20-14-8-9-15-21(20)26(33)31(30-23)19-12-6-3-7-13-19/h2-17H,1H3,(H,27,29)(H,28,32). The van der Waals surface area contributed by atoms with Crippen LogP contribution in [-0.4, -0.2) is 25.7 Å². The SMILES string of the molecule is CC(NC(=O)c1nn(-c2ccccc2)c(=O)c2ccccc12)c1ncc(-c2ccccc2)[nH]1. The molecule has 0 bridgehead atoms.